The highest BCUT2D eigenvalue weighted by Crippen LogP contribution is 2.18. The third kappa shape index (κ3) is 2.43. The first-order valence-electron chi connectivity index (χ1n) is 4.90. The number of nitrogens with zero attached hydrogens (tertiary/aromatic N) is 1. The number of amides is 2. The second-order valence-electron chi connectivity index (χ2n) is 3.43. The summed E-state index contributed by atoms with van der Waals surface area (Å²) in [5.74, 6) is -0.405. The van der Waals surface area contributed by atoms with Crippen LogP contribution in [0, 0.1) is 0 Å². The Morgan fingerprint density at radius 2 is 2.13 bits per heavy atom. The fraction of sp³-hybridized carbons (Fsp3) is 0.333. The maximum atomic E-state index is 11.5. The summed E-state index contributed by atoms with van der Waals surface area (Å²) < 4.78 is 0. The first-order chi connectivity index (χ1) is 7.10. The van der Waals surface area contributed by atoms with E-state index < -0.39 is 0 Å². The van der Waals surface area contributed by atoms with Gasteiger partial charge in [0.15, 0.2) is 0 Å². The van der Waals surface area contributed by atoms with Gasteiger partial charge in [0.2, 0.25) is 5.91 Å². The van der Waals surface area contributed by atoms with Crippen molar-refractivity contribution in [1.29, 1.82) is 0 Å². The van der Waals surface area contributed by atoms with Gasteiger partial charge in [-0.05, 0) is 19.4 Å². The Bertz CT molecular complexity index is 364. The Hall–Kier alpha value is -1.64. The molecule has 0 bridgehead atoms. The summed E-state index contributed by atoms with van der Waals surface area (Å²) in [5, 5.41) is 0. The third-order valence-electron chi connectivity index (χ3n) is 2.31. The monoisotopic (exact) mass is 205 g/mol. The topological polar surface area (TPSA) is 37.4 Å². The zero-order chi connectivity index (χ0) is 11.4. The van der Waals surface area contributed by atoms with Crippen molar-refractivity contribution < 1.29 is 9.59 Å². The van der Waals surface area contributed by atoms with Crippen LogP contribution in [0.4, 0.5) is 0 Å². The van der Waals surface area contributed by atoms with Crippen molar-refractivity contribution in [3.63, 3.8) is 0 Å². The molecule has 0 N–H and O–H groups in total. The minimum atomic E-state index is -0.246. The average Bonchev–Trinajstić information content (AvgIpc) is 2.44. The highest BCUT2D eigenvalue weighted by atomic mass is 16.2. The van der Waals surface area contributed by atoms with E-state index >= 15 is 0 Å². The fourth-order valence-corrected chi connectivity index (χ4v) is 1.45. The Labute approximate surface area is 89.8 Å². The Kier molecular flexibility index (Phi) is 3.61. The molecule has 0 saturated carbocycles. The lowest BCUT2D eigenvalue weighted by molar-refractivity contribution is -0.137. The summed E-state index contributed by atoms with van der Waals surface area (Å²) in [5.41, 5.74) is 1.34. The van der Waals surface area contributed by atoms with E-state index in [1.165, 1.54) is 4.90 Å². The molecule has 0 spiro atoms. The van der Waals surface area contributed by atoms with Crippen LogP contribution in [0.5, 0.6) is 0 Å². The molecular formula is C12H15NO2. The summed E-state index contributed by atoms with van der Waals surface area (Å²) in [6, 6.07) is 0. The van der Waals surface area contributed by atoms with Crippen LogP contribution in [0.1, 0.15) is 20.3 Å². The van der Waals surface area contributed by atoms with Gasteiger partial charge in [0, 0.05) is 5.57 Å². The lowest BCUT2D eigenvalue weighted by Gasteiger charge is -2.13. The van der Waals surface area contributed by atoms with Crippen LogP contribution in [0.15, 0.2) is 36.0 Å². The van der Waals surface area contributed by atoms with E-state index in [9.17, 15) is 9.59 Å². The van der Waals surface area contributed by atoms with Crippen LogP contribution in [-0.2, 0) is 9.59 Å². The lowest BCUT2D eigenvalue weighted by Crippen LogP contribution is -2.30. The van der Waals surface area contributed by atoms with Gasteiger partial charge in [-0.1, -0.05) is 24.8 Å². The van der Waals surface area contributed by atoms with Crippen molar-refractivity contribution in [3.8, 4) is 0 Å². The summed E-state index contributed by atoms with van der Waals surface area (Å²) in [7, 11) is 0. The van der Waals surface area contributed by atoms with Gasteiger partial charge in [0.05, 0.1) is 13.0 Å². The SMILES string of the molecule is C=C1CC(=O)N(CC(/C=C\C)=C/C)C1=O. The smallest absolute Gasteiger partial charge is 0.256 e. The molecule has 0 atom stereocenters. The van der Waals surface area contributed by atoms with E-state index in [2.05, 4.69) is 6.58 Å². The normalized spacial score (nSPS) is 18.4. The zero-order valence-electron chi connectivity index (χ0n) is 9.12. The zero-order valence-corrected chi connectivity index (χ0v) is 9.12. The summed E-state index contributed by atoms with van der Waals surface area (Å²) in [6.07, 6.45) is 5.82. The number of carbonyl (C=O) groups is 2. The van der Waals surface area contributed by atoms with E-state index in [-0.39, 0.29) is 18.2 Å². The summed E-state index contributed by atoms with van der Waals surface area (Å²) >= 11 is 0. The molecule has 1 saturated heterocycles. The molecule has 80 valence electrons. The number of hydrogen-bond donors (Lipinski definition) is 0. The number of rotatable bonds is 3. The molecule has 0 aliphatic carbocycles. The van der Waals surface area contributed by atoms with Gasteiger partial charge in [-0.3, -0.25) is 14.5 Å². The predicted octanol–water partition coefficient (Wildman–Crippen LogP) is 1.82. The number of carbonyl (C=O) groups excluding carboxylic acids is 2. The molecule has 15 heavy (non-hydrogen) atoms. The summed E-state index contributed by atoms with van der Waals surface area (Å²) in [4.78, 5) is 24.2. The van der Waals surface area contributed by atoms with Gasteiger partial charge in [-0.25, -0.2) is 0 Å². The number of hydrogen-bond acceptors (Lipinski definition) is 2. The highest BCUT2D eigenvalue weighted by molar-refractivity contribution is 6.13. The molecule has 1 aliphatic heterocycles. The van der Waals surface area contributed by atoms with Gasteiger partial charge in [0.1, 0.15) is 0 Å². The molecule has 1 heterocycles. The van der Waals surface area contributed by atoms with Crippen LogP contribution in [0.2, 0.25) is 0 Å². The van der Waals surface area contributed by atoms with Crippen molar-refractivity contribution in [2.45, 2.75) is 20.3 Å². The maximum absolute atomic E-state index is 11.5. The molecule has 1 fully saturated rings. The van der Waals surface area contributed by atoms with Crippen LogP contribution in [0.3, 0.4) is 0 Å². The van der Waals surface area contributed by atoms with Gasteiger partial charge < -0.3 is 0 Å². The van der Waals surface area contributed by atoms with Crippen molar-refractivity contribution in [3.05, 3.63) is 36.0 Å². The van der Waals surface area contributed by atoms with E-state index in [1.54, 1.807) is 0 Å². The van der Waals surface area contributed by atoms with Gasteiger partial charge in [-0.15, -0.1) is 0 Å². The van der Waals surface area contributed by atoms with Crippen LogP contribution in [-0.4, -0.2) is 23.3 Å². The van der Waals surface area contributed by atoms with Gasteiger partial charge in [-0.2, -0.15) is 0 Å². The van der Waals surface area contributed by atoms with E-state index in [0.717, 1.165) is 5.57 Å². The average molecular weight is 205 g/mol. The minimum absolute atomic E-state index is 0.158. The molecule has 2 amide bonds. The molecule has 0 aromatic rings. The van der Waals surface area contributed by atoms with E-state index in [4.69, 9.17) is 0 Å². The third-order valence-corrected chi connectivity index (χ3v) is 2.31. The number of imide groups is 1. The predicted molar refractivity (Wildman–Crippen MR) is 59.0 cm³/mol. The van der Waals surface area contributed by atoms with E-state index in [0.29, 0.717) is 12.1 Å². The first-order valence-corrected chi connectivity index (χ1v) is 4.90. The van der Waals surface area contributed by atoms with E-state index in [1.807, 2.05) is 32.1 Å². The largest absolute Gasteiger partial charge is 0.274 e. The number of allylic oxidation sites excluding steroid dienone is 2. The lowest BCUT2D eigenvalue weighted by atomic mass is 10.2. The Morgan fingerprint density at radius 3 is 2.53 bits per heavy atom. The Balaban J connectivity index is 2.78. The molecule has 1 aliphatic rings. The molecule has 3 nitrogen and oxygen atoms in total. The molecule has 0 radical (unpaired) electrons. The molecule has 0 aromatic carbocycles. The molecule has 1 rings (SSSR count). The second-order valence-corrected chi connectivity index (χ2v) is 3.43. The van der Waals surface area contributed by atoms with Gasteiger partial charge >= 0.3 is 0 Å². The molecule has 3 heteroatoms. The minimum Gasteiger partial charge on any atom is -0.274 e. The van der Waals surface area contributed by atoms with Gasteiger partial charge in [0.25, 0.3) is 5.91 Å². The van der Waals surface area contributed by atoms with Crippen molar-refractivity contribution in [1.82, 2.24) is 4.90 Å². The first kappa shape index (κ1) is 11.4. The van der Waals surface area contributed by atoms with Crippen LogP contribution < -0.4 is 0 Å². The molecule has 0 aromatic heterocycles. The standard InChI is InChI=1S/C12H15NO2/c1-4-6-10(5-2)8-13-11(14)7-9(3)12(13)15/h4-6H,3,7-8H2,1-2H3/b6-4-,10-5+. The van der Waals surface area contributed by atoms with Crippen LogP contribution >= 0.6 is 0 Å². The van der Waals surface area contributed by atoms with Crippen LogP contribution in [0.25, 0.3) is 0 Å². The van der Waals surface area contributed by atoms with Crippen molar-refractivity contribution in [2.24, 2.45) is 0 Å². The van der Waals surface area contributed by atoms with Crippen molar-refractivity contribution in [2.75, 3.05) is 6.54 Å². The maximum Gasteiger partial charge on any atom is 0.256 e. The van der Waals surface area contributed by atoms with Crippen molar-refractivity contribution >= 4 is 11.8 Å². The highest BCUT2D eigenvalue weighted by Gasteiger charge is 2.32. The second kappa shape index (κ2) is 4.73. The quantitative estimate of drug-likeness (QED) is 0.400. The Morgan fingerprint density at radius 1 is 1.47 bits per heavy atom. The molecular weight excluding hydrogens is 190 g/mol. The fourth-order valence-electron chi connectivity index (χ4n) is 1.45. The molecule has 0 unspecified atom stereocenters. The summed E-state index contributed by atoms with van der Waals surface area (Å²) in [6.45, 7) is 7.69. The number of likely N-dealkylation sites (tertiary alicyclic amines) is 1.